The fourth-order valence-corrected chi connectivity index (χ4v) is 2.24. The fraction of sp³-hybridized carbons (Fsp3) is 0.385. The van der Waals surface area contributed by atoms with Crippen molar-refractivity contribution in [3.8, 4) is 0 Å². The molecule has 0 aliphatic rings. The van der Waals surface area contributed by atoms with Gasteiger partial charge in [0, 0.05) is 31.2 Å². The summed E-state index contributed by atoms with van der Waals surface area (Å²) in [6.45, 7) is 2.54. The molecule has 0 spiro atoms. The van der Waals surface area contributed by atoms with Crippen LogP contribution in [0.15, 0.2) is 30.3 Å². The molecule has 0 saturated heterocycles. The smallest absolute Gasteiger partial charge is 0.202 e. The van der Waals surface area contributed by atoms with Crippen LogP contribution in [0, 0.1) is 0 Å². The largest absolute Gasteiger partial charge is 0.374 e. The molecule has 3 N–H and O–H groups in total. The Bertz CT molecular complexity index is 502. The normalized spacial score (nSPS) is 14.1. The Hall–Kier alpha value is -1.50. The number of aromatic nitrogens is 2. The van der Waals surface area contributed by atoms with Crippen molar-refractivity contribution in [1.29, 1.82) is 0 Å². The number of rotatable bonds is 6. The van der Waals surface area contributed by atoms with Crippen LogP contribution in [0.25, 0.3) is 0 Å². The van der Waals surface area contributed by atoms with Gasteiger partial charge in [0.2, 0.25) is 5.13 Å². The highest BCUT2D eigenvalue weighted by Gasteiger charge is 2.12. The van der Waals surface area contributed by atoms with E-state index in [9.17, 15) is 0 Å². The number of hydrogen-bond donors (Lipinski definition) is 2. The first-order valence-corrected chi connectivity index (χ1v) is 6.89. The van der Waals surface area contributed by atoms with Gasteiger partial charge in [-0.15, -0.1) is 0 Å². The molecular formula is C13H18N4OS. The van der Waals surface area contributed by atoms with Gasteiger partial charge in [0.25, 0.3) is 0 Å². The first-order valence-electron chi connectivity index (χ1n) is 6.11. The predicted molar refractivity (Wildman–Crippen MR) is 77.2 cm³/mol. The second kappa shape index (κ2) is 6.60. The lowest BCUT2D eigenvalue weighted by Crippen LogP contribution is -2.20. The summed E-state index contributed by atoms with van der Waals surface area (Å²) in [5.41, 5.74) is 7.21. The molecule has 2 atom stereocenters. The van der Waals surface area contributed by atoms with E-state index < -0.39 is 0 Å². The summed E-state index contributed by atoms with van der Waals surface area (Å²) < 4.78 is 9.41. The molecule has 19 heavy (non-hydrogen) atoms. The van der Waals surface area contributed by atoms with E-state index in [1.54, 1.807) is 7.11 Å². The number of nitrogens with zero attached hydrogens (tertiary/aromatic N) is 2. The molecule has 0 aliphatic heterocycles. The van der Waals surface area contributed by atoms with E-state index in [-0.39, 0.29) is 12.1 Å². The lowest BCUT2D eigenvalue weighted by atomic mass is 10.1. The number of hydrogen-bond acceptors (Lipinski definition) is 6. The fourth-order valence-electron chi connectivity index (χ4n) is 1.59. The van der Waals surface area contributed by atoms with Crippen LogP contribution in [0.5, 0.6) is 0 Å². The molecule has 102 valence electrons. The SMILES string of the molecule is COC(C)c1nsc(NCC(N)c2ccccc2)n1. The van der Waals surface area contributed by atoms with E-state index in [2.05, 4.69) is 14.7 Å². The molecule has 1 aromatic carbocycles. The third-order valence-electron chi connectivity index (χ3n) is 2.86. The monoisotopic (exact) mass is 278 g/mol. The van der Waals surface area contributed by atoms with Gasteiger partial charge >= 0.3 is 0 Å². The van der Waals surface area contributed by atoms with Crippen LogP contribution < -0.4 is 11.1 Å². The Morgan fingerprint density at radius 3 is 2.79 bits per heavy atom. The van der Waals surface area contributed by atoms with Crippen molar-refractivity contribution in [3.05, 3.63) is 41.7 Å². The van der Waals surface area contributed by atoms with Crippen molar-refractivity contribution in [3.63, 3.8) is 0 Å². The van der Waals surface area contributed by atoms with Gasteiger partial charge in [0.05, 0.1) is 0 Å². The van der Waals surface area contributed by atoms with E-state index in [4.69, 9.17) is 10.5 Å². The van der Waals surface area contributed by atoms with Gasteiger partial charge in [-0.2, -0.15) is 4.37 Å². The second-order valence-electron chi connectivity index (χ2n) is 4.23. The Morgan fingerprint density at radius 2 is 2.11 bits per heavy atom. The Balaban J connectivity index is 1.90. The van der Waals surface area contributed by atoms with E-state index in [0.717, 1.165) is 10.7 Å². The Morgan fingerprint density at radius 1 is 1.37 bits per heavy atom. The van der Waals surface area contributed by atoms with Crippen LogP contribution in [-0.2, 0) is 4.74 Å². The number of anilines is 1. The summed E-state index contributed by atoms with van der Waals surface area (Å²) in [4.78, 5) is 4.36. The van der Waals surface area contributed by atoms with Crippen molar-refractivity contribution in [2.75, 3.05) is 19.0 Å². The molecule has 1 aromatic heterocycles. The molecule has 0 radical (unpaired) electrons. The van der Waals surface area contributed by atoms with Crippen LogP contribution in [0.1, 0.15) is 30.5 Å². The minimum absolute atomic E-state index is 0.0617. The topological polar surface area (TPSA) is 73.1 Å². The van der Waals surface area contributed by atoms with Crippen LogP contribution in [0.3, 0.4) is 0 Å². The number of ether oxygens (including phenoxy) is 1. The molecule has 0 fully saturated rings. The van der Waals surface area contributed by atoms with Crippen LogP contribution in [-0.4, -0.2) is 23.0 Å². The maximum absolute atomic E-state index is 6.10. The Kier molecular flexibility index (Phi) is 4.84. The zero-order chi connectivity index (χ0) is 13.7. The highest BCUT2D eigenvalue weighted by atomic mass is 32.1. The third-order valence-corrected chi connectivity index (χ3v) is 3.55. The first-order chi connectivity index (χ1) is 9.20. The molecular weight excluding hydrogens is 260 g/mol. The van der Waals surface area contributed by atoms with Crippen molar-refractivity contribution in [2.24, 2.45) is 5.73 Å². The molecule has 2 rings (SSSR count). The highest BCUT2D eigenvalue weighted by molar-refractivity contribution is 7.09. The molecule has 1 heterocycles. The molecule has 6 heteroatoms. The van der Waals surface area contributed by atoms with Gasteiger partial charge in [-0.25, -0.2) is 4.98 Å². The molecule has 0 aliphatic carbocycles. The minimum atomic E-state index is -0.0883. The summed E-state index contributed by atoms with van der Waals surface area (Å²) in [5.74, 6) is 0.697. The average molecular weight is 278 g/mol. The predicted octanol–water partition coefficient (Wildman–Crippen LogP) is 2.36. The average Bonchev–Trinajstić information content (AvgIpc) is 2.93. The minimum Gasteiger partial charge on any atom is -0.374 e. The maximum atomic E-state index is 6.10. The highest BCUT2D eigenvalue weighted by Crippen LogP contribution is 2.19. The quantitative estimate of drug-likeness (QED) is 0.848. The van der Waals surface area contributed by atoms with Crippen molar-refractivity contribution < 1.29 is 4.74 Å². The van der Waals surface area contributed by atoms with Gasteiger partial charge in [0.1, 0.15) is 6.10 Å². The number of methoxy groups -OCH3 is 1. The lowest BCUT2D eigenvalue weighted by molar-refractivity contribution is 0.113. The van der Waals surface area contributed by atoms with Crippen molar-refractivity contribution >= 4 is 16.7 Å². The van der Waals surface area contributed by atoms with Gasteiger partial charge in [0.15, 0.2) is 5.82 Å². The number of nitrogens with two attached hydrogens (primary N) is 1. The summed E-state index contributed by atoms with van der Waals surface area (Å²) in [6.07, 6.45) is -0.0883. The van der Waals surface area contributed by atoms with Gasteiger partial charge in [-0.05, 0) is 12.5 Å². The first kappa shape index (κ1) is 13.9. The molecule has 0 bridgehead atoms. The molecule has 2 aromatic rings. The van der Waals surface area contributed by atoms with Gasteiger partial charge < -0.3 is 15.8 Å². The van der Waals surface area contributed by atoms with Crippen molar-refractivity contribution in [2.45, 2.75) is 19.1 Å². The Labute approximate surface area is 117 Å². The lowest BCUT2D eigenvalue weighted by Gasteiger charge is -2.12. The van der Waals surface area contributed by atoms with Gasteiger partial charge in [-0.3, -0.25) is 0 Å². The molecule has 0 amide bonds. The van der Waals surface area contributed by atoms with Crippen LogP contribution >= 0.6 is 11.5 Å². The number of nitrogens with one attached hydrogen (secondary N) is 1. The summed E-state index contributed by atoms with van der Waals surface area (Å²) in [6, 6.07) is 9.92. The second-order valence-corrected chi connectivity index (χ2v) is 4.99. The van der Waals surface area contributed by atoms with Gasteiger partial charge in [-0.1, -0.05) is 30.3 Å². The summed E-state index contributed by atoms with van der Waals surface area (Å²) >= 11 is 1.32. The summed E-state index contributed by atoms with van der Waals surface area (Å²) in [5, 5.41) is 3.98. The molecule has 0 saturated carbocycles. The summed E-state index contributed by atoms with van der Waals surface area (Å²) in [7, 11) is 1.64. The molecule has 2 unspecified atom stereocenters. The van der Waals surface area contributed by atoms with E-state index >= 15 is 0 Å². The maximum Gasteiger partial charge on any atom is 0.202 e. The third kappa shape index (κ3) is 3.73. The zero-order valence-electron chi connectivity index (χ0n) is 11.0. The van der Waals surface area contributed by atoms with Crippen LogP contribution in [0.4, 0.5) is 5.13 Å². The zero-order valence-corrected chi connectivity index (χ0v) is 11.9. The molecule has 5 nitrogen and oxygen atoms in total. The van der Waals surface area contributed by atoms with Crippen molar-refractivity contribution in [1.82, 2.24) is 9.36 Å². The van der Waals surface area contributed by atoms with E-state index in [1.165, 1.54) is 11.5 Å². The van der Waals surface area contributed by atoms with Crippen LogP contribution in [0.2, 0.25) is 0 Å². The standard InChI is InChI=1S/C13H18N4OS/c1-9(18-2)12-16-13(19-17-12)15-8-11(14)10-6-4-3-5-7-10/h3-7,9,11H,8,14H2,1-2H3,(H,15,16,17). The van der Waals surface area contributed by atoms with E-state index in [0.29, 0.717) is 12.4 Å². The number of benzene rings is 1. The van der Waals surface area contributed by atoms with E-state index in [1.807, 2.05) is 37.3 Å².